The number of rotatable bonds is 5. The monoisotopic (exact) mass is 331 g/mol. The lowest BCUT2D eigenvalue weighted by atomic mass is 10.0. The van der Waals surface area contributed by atoms with Gasteiger partial charge in [0.1, 0.15) is 5.82 Å². The molecule has 1 aliphatic rings. The van der Waals surface area contributed by atoms with Crippen LogP contribution in [0.5, 0.6) is 0 Å². The lowest BCUT2D eigenvalue weighted by molar-refractivity contribution is -0.0872. The lowest BCUT2D eigenvalue weighted by Gasteiger charge is -2.39. The molecule has 3 heterocycles. The second-order valence-electron chi connectivity index (χ2n) is 6.45. The lowest BCUT2D eigenvalue weighted by Crippen LogP contribution is -2.54. The van der Waals surface area contributed by atoms with Crippen LogP contribution in [0.15, 0.2) is 24.4 Å². The molecule has 24 heavy (non-hydrogen) atoms. The van der Waals surface area contributed by atoms with Crippen molar-refractivity contribution in [1.29, 1.82) is 0 Å². The minimum absolute atomic E-state index is 0.0101. The van der Waals surface area contributed by atoms with Gasteiger partial charge in [-0.1, -0.05) is 13.0 Å². The van der Waals surface area contributed by atoms with Crippen LogP contribution in [-0.4, -0.2) is 57.4 Å². The quantitative estimate of drug-likeness (QED) is 0.849. The van der Waals surface area contributed by atoms with Crippen LogP contribution in [0.2, 0.25) is 0 Å². The van der Waals surface area contributed by atoms with E-state index in [1.165, 1.54) is 0 Å². The van der Waals surface area contributed by atoms with Gasteiger partial charge in [-0.2, -0.15) is 0 Å². The predicted octanol–water partition coefficient (Wildman–Crippen LogP) is 1.87. The number of fused-ring (bicyclic) bond motifs is 1. The van der Waals surface area contributed by atoms with Crippen molar-refractivity contribution in [2.75, 3.05) is 26.2 Å². The van der Waals surface area contributed by atoms with E-state index >= 15 is 0 Å². The van der Waals surface area contributed by atoms with Gasteiger partial charge in [-0.05, 0) is 31.9 Å². The van der Waals surface area contributed by atoms with Crippen molar-refractivity contribution >= 4 is 11.7 Å². The van der Waals surface area contributed by atoms with Gasteiger partial charge in [0.25, 0.3) is 0 Å². The van der Waals surface area contributed by atoms with Crippen LogP contribution in [0.1, 0.15) is 32.5 Å². The summed E-state index contributed by atoms with van der Waals surface area (Å²) in [5.41, 5.74) is 0.624. The average molecular weight is 331 g/mol. The molecule has 1 aliphatic heterocycles. The number of ether oxygens (including phenoxy) is 1. The molecule has 1 fully saturated rings. The van der Waals surface area contributed by atoms with Crippen molar-refractivity contribution in [3.8, 4) is 0 Å². The van der Waals surface area contributed by atoms with E-state index < -0.39 is 0 Å². The normalized spacial score (nSPS) is 21.2. The van der Waals surface area contributed by atoms with Gasteiger partial charge in [0.15, 0.2) is 5.65 Å². The Morgan fingerprint density at radius 2 is 2.29 bits per heavy atom. The molecule has 0 spiro atoms. The number of aromatic nitrogens is 3. The standard InChI is InChI=1S/C17H25N5O2/c1-3-17(2)13-21(11-12-24-17)16(23)18-9-6-8-15-20-19-14-7-4-5-10-22(14)15/h4-5,7,10H,3,6,8-9,11-13H2,1-2H3,(H,18,23)/t17-/m1/s1. The summed E-state index contributed by atoms with van der Waals surface area (Å²) in [6, 6.07) is 5.83. The summed E-state index contributed by atoms with van der Waals surface area (Å²) in [6.45, 7) is 6.66. The molecule has 1 N–H and O–H groups in total. The van der Waals surface area contributed by atoms with Crippen LogP contribution in [0, 0.1) is 0 Å². The summed E-state index contributed by atoms with van der Waals surface area (Å²) in [7, 11) is 0. The number of amides is 2. The van der Waals surface area contributed by atoms with Gasteiger partial charge in [0.05, 0.1) is 18.8 Å². The van der Waals surface area contributed by atoms with Gasteiger partial charge in [-0.3, -0.25) is 4.40 Å². The molecule has 3 rings (SSSR count). The number of carbonyl (C=O) groups is 1. The number of nitrogens with zero attached hydrogens (tertiary/aromatic N) is 4. The Labute approximate surface area is 142 Å². The number of hydrogen-bond donors (Lipinski definition) is 1. The fraction of sp³-hybridized carbons (Fsp3) is 0.588. The molecule has 0 radical (unpaired) electrons. The van der Waals surface area contributed by atoms with E-state index in [4.69, 9.17) is 4.74 Å². The largest absolute Gasteiger partial charge is 0.372 e. The van der Waals surface area contributed by atoms with Crippen LogP contribution in [0.3, 0.4) is 0 Å². The van der Waals surface area contributed by atoms with Crippen molar-refractivity contribution in [3.63, 3.8) is 0 Å². The topological polar surface area (TPSA) is 71.8 Å². The summed E-state index contributed by atoms with van der Waals surface area (Å²) >= 11 is 0. The van der Waals surface area contributed by atoms with E-state index in [9.17, 15) is 4.79 Å². The zero-order valence-electron chi connectivity index (χ0n) is 14.4. The first-order valence-corrected chi connectivity index (χ1v) is 8.57. The minimum atomic E-state index is -0.226. The van der Waals surface area contributed by atoms with Crippen molar-refractivity contribution in [1.82, 2.24) is 24.8 Å². The van der Waals surface area contributed by atoms with E-state index in [0.29, 0.717) is 26.2 Å². The highest BCUT2D eigenvalue weighted by Crippen LogP contribution is 2.20. The molecule has 0 aromatic carbocycles. The summed E-state index contributed by atoms with van der Waals surface area (Å²) in [5, 5.41) is 11.3. The molecule has 0 bridgehead atoms. The van der Waals surface area contributed by atoms with E-state index in [0.717, 1.165) is 30.7 Å². The third-order valence-electron chi connectivity index (χ3n) is 4.61. The summed E-state index contributed by atoms with van der Waals surface area (Å²) in [4.78, 5) is 14.1. The summed E-state index contributed by atoms with van der Waals surface area (Å²) in [6.07, 6.45) is 4.47. The molecule has 7 nitrogen and oxygen atoms in total. The Hall–Kier alpha value is -2.15. The first-order valence-electron chi connectivity index (χ1n) is 8.57. The van der Waals surface area contributed by atoms with Gasteiger partial charge >= 0.3 is 6.03 Å². The minimum Gasteiger partial charge on any atom is -0.372 e. The van der Waals surface area contributed by atoms with Gasteiger partial charge in [0, 0.05) is 25.7 Å². The molecule has 0 saturated carbocycles. The SMILES string of the molecule is CC[C@]1(C)CN(C(=O)NCCCc2nnc3ccccn23)CCO1. The van der Waals surface area contributed by atoms with Gasteiger partial charge in [-0.15, -0.1) is 10.2 Å². The summed E-state index contributed by atoms with van der Waals surface area (Å²) < 4.78 is 7.75. The number of morpholine rings is 1. The maximum Gasteiger partial charge on any atom is 0.317 e. The number of hydrogen-bond acceptors (Lipinski definition) is 4. The fourth-order valence-electron chi connectivity index (χ4n) is 2.93. The van der Waals surface area contributed by atoms with E-state index in [1.807, 2.05) is 33.7 Å². The number of pyridine rings is 1. The number of aryl methyl sites for hydroxylation is 1. The Morgan fingerprint density at radius 3 is 3.12 bits per heavy atom. The first kappa shape index (κ1) is 16.7. The number of urea groups is 1. The zero-order valence-corrected chi connectivity index (χ0v) is 14.4. The van der Waals surface area contributed by atoms with E-state index in [1.54, 1.807) is 0 Å². The highest BCUT2D eigenvalue weighted by Gasteiger charge is 2.32. The molecular formula is C17H25N5O2. The Balaban J connectivity index is 1.45. The highest BCUT2D eigenvalue weighted by atomic mass is 16.5. The third-order valence-corrected chi connectivity index (χ3v) is 4.61. The number of nitrogens with one attached hydrogen (secondary N) is 1. The molecule has 7 heteroatoms. The van der Waals surface area contributed by atoms with Gasteiger partial charge in [-0.25, -0.2) is 4.79 Å². The third kappa shape index (κ3) is 3.67. The second kappa shape index (κ2) is 7.17. The highest BCUT2D eigenvalue weighted by molar-refractivity contribution is 5.74. The second-order valence-corrected chi connectivity index (χ2v) is 6.45. The van der Waals surface area contributed by atoms with Crippen LogP contribution in [0.25, 0.3) is 5.65 Å². The molecular weight excluding hydrogens is 306 g/mol. The van der Waals surface area contributed by atoms with Crippen LogP contribution in [0.4, 0.5) is 4.79 Å². The van der Waals surface area contributed by atoms with Gasteiger partial charge in [0.2, 0.25) is 0 Å². The molecule has 2 aromatic heterocycles. The van der Waals surface area contributed by atoms with Crippen LogP contribution < -0.4 is 5.32 Å². The van der Waals surface area contributed by atoms with E-state index in [2.05, 4.69) is 29.4 Å². The predicted molar refractivity (Wildman–Crippen MR) is 90.9 cm³/mol. The van der Waals surface area contributed by atoms with Crippen molar-refractivity contribution in [2.24, 2.45) is 0 Å². The molecule has 2 amide bonds. The maximum atomic E-state index is 12.3. The van der Waals surface area contributed by atoms with Crippen LogP contribution >= 0.6 is 0 Å². The van der Waals surface area contributed by atoms with Crippen molar-refractivity contribution in [3.05, 3.63) is 30.2 Å². The smallest absolute Gasteiger partial charge is 0.317 e. The fourth-order valence-corrected chi connectivity index (χ4v) is 2.93. The average Bonchev–Trinajstić information content (AvgIpc) is 3.02. The molecule has 130 valence electrons. The van der Waals surface area contributed by atoms with Gasteiger partial charge < -0.3 is 15.0 Å². The Morgan fingerprint density at radius 1 is 1.42 bits per heavy atom. The molecule has 0 aliphatic carbocycles. The Kier molecular flexibility index (Phi) is 4.99. The first-order chi connectivity index (χ1) is 11.6. The number of carbonyl (C=O) groups excluding carboxylic acids is 1. The Bertz CT molecular complexity index is 701. The molecule has 1 saturated heterocycles. The van der Waals surface area contributed by atoms with Crippen molar-refractivity contribution in [2.45, 2.75) is 38.7 Å². The molecule has 2 aromatic rings. The summed E-state index contributed by atoms with van der Waals surface area (Å²) in [5.74, 6) is 0.921. The maximum absolute atomic E-state index is 12.3. The molecule has 1 atom stereocenters. The van der Waals surface area contributed by atoms with Crippen molar-refractivity contribution < 1.29 is 9.53 Å². The van der Waals surface area contributed by atoms with Crippen LogP contribution in [-0.2, 0) is 11.2 Å². The zero-order chi connectivity index (χ0) is 17.0. The van der Waals surface area contributed by atoms with E-state index in [-0.39, 0.29) is 11.6 Å². The molecule has 0 unspecified atom stereocenters.